The Kier molecular flexibility index (Phi) is 4.55. The molecular formula is C13H17ClN2O3S. The van der Waals surface area contributed by atoms with Gasteiger partial charge in [-0.1, -0.05) is 23.7 Å². The molecule has 0 spiro atoms. The van der Waals surface area contributed by atoms with E-state index in [1.54, 1.807) is 19.2 Å². The van der Waals surface area contributed by atoms with Crippen molar-refractivity contribution in [1.82, 2.24) is 10.2 Å². The zero-order valence-corrected chi connectivity index (χ0v) is 12.7. The number of urea groups is 1. The van der Waals surface area contributed by atoms with Gasteiger partial charge in [-0.15, -0.1) is 0 Å². The second-order valence-corrected chi connectivity index (χ2v) is 7.62. The standard InChI is InChI=1S/C13H17ClN2O3S/c1-16(12-6-7-20(18,19)9-12)13(17)15-8-10-2-4-11(14)5-3-10/h2-5,12H,6-9H2,1H3,(H,15,17). The molecule has 1 aromatic carbocycles. The number of hydrogen-bond donors (Lipinski definition) is 1. The molecule has 1 unspecified atom stereocenters. The largest absolute Gasteiger partial charge is 0.334 e. The van der Waals surface area contributed by atoms with Gasteiger partial charge in [0.25, 0.3) is 0 Å². The van der Waals surface area contributed by atoms with E-state index in [1.807, 2.05) is 12.1 Å². The highest BCUT2D eigenvalue weighted by Crippen LogP contribution is 2.16. The molecule has 1 aliphatic rings. The predicted octanol–water partition coefficient (Wildman–Crippen LogP) is 1.67. The van der Waals surface area contributed by atoms with Gasteiger partial charge in [0, 0.05) is 24.7 Å². The third kappa shape index (κ3) is 3.86. The average Bonchev–Trinajstić information content (AvgIpc) is 2.77. The maximum absolute atomic E-state index is 12.0. The minimum absolute atomic E-state index is 0.0534. The normalized spacial score (nSPS) is 20.6. The molecule has 0 saturated carbocycles. The average molecular weight is 317 g/mol. The molecule has 2 amide bonds. The van der Waals surface area contributed by atoms with E-state index in [0.29, 0.717) is 18.0 Å². The van der Waals surface area contributed by atoms with Crippen molar-refractivity contribution in [3.63, 3.8) is 0 Å². The third-order valence-electron chi connectivity index (χ3n) is 3.43. The molecule has 110 valence electrons. The number of carbonyl (C=O) groups excluding carboxylic acids is 1. The number of amides is 2. The van der Waals surface area contributed by atoms with Gasteiger partial charge in [-0.2, -0.15) is 0 Å². The van der Waals surface area contributed by atoms with Crippen LogP contribution in [0.3, 0.4) is 0 Å². The zero-order chi connectivity index (χ0) is 14.8. The van der Waals surface area contributed by atoms with Crippen molar-refractivity contribution in [2.24, 2.45) is 0 Å². The van der Waals surface area contributed by atoms with Crippen LogP contribution in [0.5, 0.6) is 0 Å². The van der Waals surface area contributed by atoms with E-state index in [-0.39, 0.29) is 23.6 Å². The molecule has 2 rings (SSSR count). The fraction of sp³-hybridized carbons (Fsp3) is 0.462. The Bertz CT molecular complexity index is 586. The van der Waals surface area contributed by atoms with E-state index < -0.39 is 9.84 Å². The first-order chi connectivity index (χ1) is 9.37. The van der Waals surface area contributed by atoms with Gasteiger partial charge >= 0.3 is 6.03 Å². The van der Waals surface area contributed by atoms with Crippen LogP contribution >= 0.6 is 11.6 Å². The first-order valence-corrected chi connectivity index (χ1v) is 8.53. The molecule has 1 fully saturated rings. The number of rotatable bonds is 3. The van der Waals surface area contributed by atoms with E-state index in [1.165, 1.54) is 4.90 Å². The van der Waals surface area contributed by atoms with Crippen molar-refractivity contribution in [3.05, 3.63) is 34.9 Å². The summed E-state index contributed by atoms with van der Waals surface area (Å²) in [5.41, 5.74) is 0.940. The van der Waals surface area contributed by atoms with Crippen molar-refractivity contribution in [1.29, 1.82) is 0 Å². The Morgan fingerprint density at radius 3 is 2.60 bits per heavy atom. The minimum Gasteiger partial charge on any atom is -0.334 e. The van der Waals surface area contributed by atoms with Gasteiger partial charge in [-0.05, 0) is 24.1 Å². The van der Waals surface area contributed by atoms with Crippen LogP contribution in [0.25, 0.3) is 0 Å². The molecular weight excluding hydrogens is 300 g/mol. The summed E-state index contributed by atoms with van der Waals surface area (Å²) in [6, 6.07) is 6.70. The highest BCUT2D eigenvalue weighted by molar-refractivity contribution is 7.91. The maximum Gasteiger partial charge on any atom is 0.317 e. The van der Waals surface area contributed by atoms with Crippen LogP contribution in [-0.2, 0) is 16.4 Å². The number of nitrogens with one attached hydrogen (secondary N) is 1. The topological polar surface area (TPSA) is 66.5 Å². The summed E-state index contributed by atoms with van der Waals surface area (Å²) in [5, 5.41) is 3.42. The predicted molar refractivity (Wildman–Crippen MR) is 78.5 cm³/mol. The minimum atomic E-state index is -2.98. The first-order valence-electron chi connectivity index (χ1n) is 6.33. The maximum atomic E-state index is 12.0. The Morgan fingerprint density at radius 2 is 2.05 bits per heavy atom. The quantitative estimate of drug-likeness (QED) is 0.922. The monoisotopic (exact) mass is 316 g/mol. The van der Waals surface area contributed by atoms with Crippen molar-refractivity contribution in [2.75, 3.05) is 18.6 Å². The number of sulfone groups is 1. The molecule has 5 nitrogen and oxygen atoms in total. The van der Waals surface area contributed by atoms with Crippen molar-refractivity contribution in [2.45, 2.75) is 19.0 Å². The molecule has 1 saturated heterocycles. The second-order valence-electron chi connectivity index (χ2n) is 4.95. The van der Waals surface area contributed by atoms with Gasteiger partial charge in [-0.3, -0.25) is 0 Å². The summed E-state index contributed by atoms with van der Waals surface area (Å²) >= 11 is 5.79. The van der Waals surface area contributed by atoms with Gasteiger partial charge in [0.15, 0.2) is 9.84 Å². The summed E-state index contributed by atoms with van der Waals surface area (Å²) in [7, 11) is -1.35. The Balaban J connectivity index is 1.87. The van der Waals surface area contributed by atoms with Crippen LogP contribution in [0.4, 0.5) is 4.79 Å². The Hall–Kier alpha value is -1.27. The molecule has 0 radical (unpaired) electrons. The fourth-order valence-corrected chi connectivity index (χ4v) is 4.05. The molecule has 0 aromatic heterocycles. The van der Waals surface area contributed by atoms with Gasteiger partial charge in [0.1, 0.15) is 0 Å². The van der Waals surface area contributed by atoms with Crippen molar-refractivity contribution < 1.29 is 13.2 Å². The fourth-order valence-electron chi connectivity index (χ4n) is 2.15. The summed E-state index contributed by atoms with van der Waals surface area (Å²) in [5.74, 6) is 0.213. The lowest BCUT2D eigenvalue weighted by atomic mass is 10.2. The lowest BCUT2D eigenvalue weighted by Crippen LogP contribution is -2.43. The molecule has 20 heavy (non-hydrogen) atoms. The summed E-state index contributed by atoms with van der Waals surface area (Å²) in [6.07, 6.45) is 0.507. The van der Waals surface area contributed by atoms with Crippen molar-refractivity contribution in [3.8, 4) is 0 Å². The molecule has 1 atom stereocenters. The molecule has 1 N–H and O–H groups in total. The lowest BCUT2D eigenvalue weighted by Gasteiger charge is -2.23. The van der Waals surface area contributed by atoms with Crippen LogP contribution in [0.15, 0.2) is 24.3 Å². The number of halogens is 1. The molecule has 1 aliphatic heterocycles. The highest BCUT2D eigenvalue weighted by Gasteiger charge is 2.32. The van der Waals surface area contributed by atoms with E-state index >= 15 is 0 Å². The molecule has 1 heterocycles. The lowest BCUT2D eigenvalue weighted by molar-refractivity contribution is 0.194. The van der Waals surface area contributed by atoms with Crippen LogP contribution in [0.1, 0.15) is 12.0 Å². The molecule has 0 bridgehead atoms. The van der Waals surface area contributed by atoms with Gasteiger partial charge in [-0.25, -0.2) is 13.2 Å². The number of carbonyl (C=O) groups is 1. The van der Waals surface area contributed by atoms with Crippen LogP contribution in [-0.4, -0.2) is 43.9 Å². The number of nitrogens with zero attached hydrogens (tertiary/aromatic N) is 1. The first kappa shape index (κ1) is 15.1. The van der Waals surface area contributed by atoms with E-state index in [9.17, 15) is 13.2 Å². The molecule has 0 aliphatic carbocycles. The second kappa shape index (κ2) is 6.01. The van der Waals surface area contributed by atoms with Gasteiger partial charge in [0.05, 0.1) is 11.5 Å². The summed E-state index contributed by atoms with van der Waals surface area (Å²) in [6.45, 7) is 0.389. The van der Waals surface area contributed by atoms with Crippen LogP contribution in [0, 0.1) is 0 Å². The SMILES string of the molecule is CN(C(=O)NCc1ccc(Cl)cc1)C1CCS(=O)(=O)C1. The van der Waals surface area contributed by atoms with E-state index in [2.05, 4.69) is 5.32 Å². The zero-order valence-electron chi connectivity index (χ0n) is 11.2. The number of benzene rings is 1. The summed E-state index contributed by atoms with van der Waals surface area (Å²) < 4.78 is 22.8. The van der Waals surface area contributed by atoms with E-state index in [4.69, 9.17) is 11.6 Å². The smallest absolute Gasteiger partial charge is 0.317 e. The summed E-state index contributed by atoms with van der Waals surface area (Å²) in [4.78, 5) is 13.4. The number of hydrogen-bond acceptors (Lipinski definition) is 3. The highest BCUT2D eigenvalue weighted by atomic mass is 35.5. The van der Waals surface area contributed by atoms with Crippen LogP contribution in [0.2, 0.25) is 5.02 Å². The van der Waals surface area contributed by atoms with Crippen molar-refractivity contribution >= 4 is 27.5 Å². The third-order valence-corrected chi connectivity index (χ3v) is 5.44. The molecule has 7 heteroatoms. The van der Waals surface area contributed by atoms with Gasteiger partial charge < -0.3 is 10.2 Å². The molecule has 1 aromatic rings. The van der Waals surface area contributed by atoms with E-state index in [0.717, 1.165) is 5.56 Å². The Labute approximate surface area is 123 Å². The van der Waals surface area contributed by atoms with Gasteiger partial charge in [0.2, 0.25) is 0 Å². The Morgan fingerprint density at radius 1 is 1.40 bits per heavy atom. The van der Waals surface area contributed by atoms with Crippen LogP contribution < -0.4 is 5.32 Å².